The molecular weight excluding hydrogens is 319 g/mol. The minimum absolute atomic E-state index is 0.0595. The van der Waals surface area contributed by atoms with Gasteiger partial charge in [-0.05, 0) is 18.6 Å². The Morgan fingerprint density at radius 2 is 1.95 bits per heavy atom. The maximum absolute atomic E-state index is 13.8. The molecule has 0 atom stereocenters. The van der Waals surface area contributed by atoms with Crippen molar-refractivity contribution in [1.29, 1.82) is 0 Å². The second-order valence-corrected chi connectivity index (χ2v) is 7.29. The van der Waals surface area contributed by atoms with E-state index in [0.29, 0.717) is 19.5 Å². The number of rotatable bonds is 2. The van der Waals surface area contributed by atoms with Gasteiger partial charge in [-0.15, -0.1) is 0 Å². The van der Waals surface area contributed by atoms with Crippen molar-refractivity contribution in [3.05, 3.63) is 34.6 Å². The lowest BCUT2D eigenvalue weighted by Gasteiger charge is -2.21. The fourth-order valence-corrected chi connectivity index (χ4v) is 3.41. The number of sulfonamides is 1. The summed E-state index contributed by atoms with van der Waals surface area (Å²) in [5.41, 5.74) is -0.160. The van der Waals surface area contributed by atoms with Gasteiger partial charge in [-0.25, -0.2) is 17.1 Å². The molecule has 116 valence electrons. The van der Waals surface area contributed by atoms with Gasteiger partial charge in [-0.1, -0.05) is 17.7 Å². The lowest BCUT2D eigenvalue weighted by Crippen LogP contribution is -2.37. The highest BCUT2D eigenvalue weighted by Gasteiger charge is 2.26. The first-order valence-corrected chi connectivity index (χ1v) is 8.72. The normalized spacial score (nSPS) is 17.6. The van der Waals surface area contributed by atoms with Crippen LogP contribution in [-0.2, 0) is 10.0 Å². The van der Waals surface area contributed by atoms with Crippen LogP contribution < -0.4 is 0 Å². The summed E-state index contributed by atoms with van der Waals surface area (Å²) in [4.78, 5) is 13.8. The van der Waals surface area contributed by atoms with E-state index in [1.165, 1.54) is 27.4 Å². The standard InChI is InChI=1S/C13H16ClFN2O3S/c1-21(19,20)17-7-3-6-16(8-9-17)13(18)12-10(14)4-2-5-11(12)15/h2,4-5H,3,6-9H2,1H3. The van der Waals surface area contributed by atoms with Gasteiger partial charge in [0, 0.05) is 26.2 Å². The molecule has 5 nitrogen and oxygen atoms in total. The van der Waals surface area contributed by atoms with E-state index in [1.54, 1.807) is 0 Å². The van der Waals surface area contributed by atoms with Crippen molar-refractivity contribution in [2.75, 3.05) is 32.4 Å². The van der Waals surface area contributed by atoms with Gasteiger partial charge in [-0.3, -0.25) is 4.79 Å². The number of nitrogens with zero attached hydrogens (tertiary/aromatic N) is 2. The van der Waals surface area contributed by atoms with Gasteiger partial charge >= 0.3 is 0 Å². The number of carbonyl (C=O) groups is 1. The van der Waals surface area contributed by atoms with E-state index >= 15 is 0 Å². The second-order valence-electron chi connectivity index (χ2n) is 4.90. The average Bonchev–Trinajstić information content (AvgIpc) is 2.63. The Bertz CT molecular complexity index is 631. The highest BCUT2D eigenvalue weighted by molar-refractivity contribution is 7.88. The van der Waals surface area contributed by atoms with Gasteiger partial charge in [0.05, 0.1) is 16.8 Å². The fraction of sp³-hybridized carbons (Fsp3) is 0.462. The summed E-state index contributed by atoms with van der Waals surface area (Å²) in [5.74, 6) is -1.18. The molecule has 21 heavy (non-hydrogen) atoms. The zero-order valence-corrected chi connectivity index (χ0v) is 13.1. The molecule has 8 heteroatoms. The molecular formula is C13H16ClFN2O3S. The van der Waals surface area contributed by atoms with E-state index < -0.39 is 21.7 Å². The molecule has 1 aliphatic heterocycles. The Kier molecular flexibility index (Phi) is 4.85. The first-order chi connectivity index (χ1) is 9.80. The van der Waals surface area contributed by atoms with Crippen molar-refractivity contribution < 1.29 is 17.6 Å². The summed E-state index contributed by atoms with van der Waals surface area (Å²) < 4.78 is 38.2. The van der Waals surface area contributed by atoms with Crippen molar-refractivity contribution in [2.24, 2.45) is 0 Å². The van der Waals surface area contributed by atoms with Crippen molar-refractivity contribution in [3.63, 3.8) is 0 Å². The number of halogens is 2. The van der Waals surface area contributed by atoms with Crippen LogP contribution in [0.25, 0.3) is 0 Å². The maximum Gasteiger partial charge on any atom is 0.258 e. The maximum atomic E-state index is 13.8. The van der Waals surface area contributed by atoms with Crippen LogP contribution in [-0.4, -0.2) is 56.0 Å². The third-order valence-electron chi connectivity index (χ3n) is 3.39. The molecule has 0 radical (unpaired) electrons. The molecule has 2 rings (SSSR count). The summed E-state index contributed by atoms with van der Waals surface area (Å²) in [5, 5.41) is 0.0595. The highest BCUT2D eigenvalue weighted by Crippen LogP contribution is 2.21. The van der Waals surface area contributed by atoms with Crippen LogP contribution in [0.1, 0.15) is 16.8 Å². The smallest absolute Gasteiger partial charge is 0.258 e. The predicted octanol–water partition coefficient (Wildman–Crippen LogP) is 1.59. The molecule has 0 aromatic heterocycles. The SMILES string of the molecule is CS(=O)(=O)N1CCCN(C(=O)c2c(F)cccc2Cl)CC1. The Morgan fingerprint density at radius 3 is 2.57 bits per heavy atom. The van der Waals surface area contributed by atoms with Crippen molar-refractivity contribution in [1.82, 2.24) is 9.21 Å². The molecule has 0 N–H and O–H groups in total. The number of carbonyl (C=O) groups excluding carboxylic acids is 1. The zero-order chi connectivity index (χ0) is 15.6. The first-order valence-electron chi connectivity index (χ1n) is 6.49. The van der Waals surface area contributed by atoms with E-state index in [2.05, 4.69) is 0 Å². The minimum atomic E-state index is -3.28. The van der Waals surface area contributed by atoms with Gasteiger partial charge in [0.2, 0.25) is 10.0 Å². The molecule has 1 amide bonds. The van der Waals surface area contributed by atoms with Crippen molar-refractivity contribution >= 4 is 27.5 Å². The van der Waals surface area contributed by atoms with Gasteiger partial charge in [0.1, 0.15) is 5.82 Å². The molecule has 1 aromatic rings. The summed E-state index contributed by atoms with van der Waals surface area (Å²) in [6, 6.07) is 4.07. The van der Waals surface area contributed by atoms with Crippen molar-refractivity contribution in [3.8, 4) is 0 Å². The second kappa shape index (κ2) is 6.29. The van der Waals surface area contributed by atoms with Gasteiger partial charge in [-0.2, -0.15) is 0 Å². The third kappa shape index (κ3) is 3.72. The van der Waals surface area contributed by atoms with Crippen LogP contribution in [0.15, 0.2) is 18.2 Å². The lowest BCUT2D eigenvalue weighted by atomic mass is 10.1. The number of hydrogen-bond donors (Lipinski definition) is 0. The zero-order valence-electron chi connectivity index (χ0n) is 11.6. The van der Waals surface area contributed by atoms with Crippen LogP contribution in [0.5, 0.6) is 0 Å². The van der Waals surface area contributed by atoms with Gasteiger partial charge in [0.15, 0.2) is 0 Å². The molecule has 0 unspecified atom stereocenters. The van der Waals surface area contributed by atoms with Crippen molar-refractivity contribution in [2.45, 2.75) is 6.42 Å². The summed E-state index contributed by atoms with van der Waals surface area (Å²) in [6.07, 6.45) is 1.64. The van der Waals surface area contributed by atoms with E-state index in [9.17, 15) is 17.6 Å². The molecule has 1 fully saturated rings. The van der Waals surface area contributed by atoms with E-state index in [0.717, 1.165) is 6.26 Å². The average molecular weight is 335 g/mol. The first kappa shape index (κ1) is 16.2. The Balaban J connectivity index is 2.18. The Hall–Kier alpha value is -1.18. The Morgan fingerprint density at radius 1 is 1.24 bits per heavy atom. The minimum Gasteiger partial charge on any atom is -0.337 e. The topological polar surface area (TPSA) is 57.7 Å². The number of benzene rings is 1. The molecule has 1 heterocycles. The molecule has 0 saturated carbocycles. The summed E-state index contributed by atoms with van der Waals surface area (Å²) >= 11 is 5.89. The molecule has 0 bridgehead atoms. The molecule has 0 spiro atoms. The summed E-state index contributed by atoms with van der Waals surface area (Å²) in [7, 11) is -3.28. The van der Waals surface area contributed by atoms with Crippen LogP contribution in [0.2, 0.25) is 5.02 Å². The molecule has 1 saturated heterocycles. The van der Waals surface area contributed by atoms with E-state index in [4.69, 9.17) is 11.6 Å². The number of hydrogen-bond acceptors (Lipinski definition) is 3. The lowest BCUT2D eigenvalue weighted by molar-refractivity contribution is 0.0760. The van der Waals surface area contributed by atoms with Crippen LogP contribution in [0.3, 0.4) is 0 Å². The van der Waals surface area contributed by atoms with E-state index in [-0.39, 0.29) is 23.7 Å². The fourth-order valence-electron chi connectivity index (χ4n) is 2.29. The van der Waals surface area contributed by atoms with Crippen LogP contribution >= 0.6 is 11.6 Å². The molecule has 1 aliphatic rings. The summed E-state index contributed by atoms with van der Waals surface area (Å²) in [6.45, 7) is 1.15. The van der Waals surface area contributed by atoms with Crippen LogP contribution in [0.4, 0.5) is 4.39 Å². The number of amides is 1. The highest BCUT2D eigenvalue weighted by atomic mass is 35.5. The largest absolute Gasteiger partial charge is 0.337 e. The third-order valence-corrected chi connectivity index (χ3v) is 5.01. The molecule has 0 aliphatic carbocycles. The van der Waals surface area contributed by atoms with Gasteiger partial charge in [0.25, 0.3) is 5.91 Å². The van der Waals surface area contributed by atoms with Crippen LogP contribution in [0, 0.1) is 5.82 Å². The Labute approximate surface area is 128 Å². The molecule has 1 aromatic carbocycles. The quantitative estimate of drug-likeness (QED) is 0.825. The predicted molar refractivity (Wildman–Crippen MR) is 78.3 cm³/mol. The monoisotopic (exact) mass is 334 g/mol. The van der Waals surface area contributed by atoms with E-state index in [1.807, 2.05) is 0 Å². The van der Waals surface area contributed by atoms with Gasteiger partial charge < -0.3 is 4.90 Å².